The second-order valence-electron chi connectivity index (χ2n) is 5.18. The van der Waals surface area contributed by atoms with Crippen LogP contribution >= 0.6 is 0 Å². The van der Waals surface area contributed by atoms with Gasteiger partial charge in [-0.15, -0.1) is 0 Å². The summed E-state index contributed by atoms with van der Waals surface area (Å²) in [5.74, 6) is -0.0974. The summed E-state index contributed by atoms with van der Waals surface area (Å²) in [6.45, 7) is 0.720. The van der Waals surface area contributed by atoms with E-state index in [0.717, 1.165) is 11.1 Å². The van der Waals surface area contributed by atoms with E-state index in [1.807, 2.05) is 36.4 Å². The van der Waals surface area contributed by atoms with Crippen LogP contribution in [0.3, 0.4) is 0 Å². The van der Waals surface area contributed by atoms with E-state index in [2.05, 4.69) is 29.6 Å². The molecule has 0 aliphatic heterocycles. The third-order valence-electron chi connectivity index (χ3n) is 3.57. The van der Waals surface area contributed by atoms with E-state index in [-0.39, 0.29) is 18.4 Å². The topological polar surface area (TPSA) is 64.3 Å². The fourth-order valence-corrected chi connectivity index (χ4v) is 2.39. The van der Waals surface area contributed by atoms with Crippen LogP contribution in [0.25, 0.3) is 0 Å². The molecule has 0 heterocycles. The van der Waals surface area contributed by atoms with E-state index >= 15 is 0 Å². The molecule has 1 unspecified atom stereocenters. The van der Waals surface area contributed by atoms with Gasteiger partial charge < -0.3 is 15.8 Å². The van der Waals surface area contributed by atoms with E-state index in [9.17, 15) is 4.79 Å². The van der Waals surface area contributed by atoms with Gasteiger partial charge in [-0.3, -0.25) is 4.79 Å². The molecule has 2 aromatic rings. The fourth-order valence-electron chi connectivity index (χ4n) is 2.39. The van der Waals surface area contributed by atoms with E-state index in [4.69, 9.17) is 10.5 Å². The summed E-state index contributed by atoms with van der Waals surface area (Å²) in [4.78, 5) is 12.0. The third-order valence-corrected chi connectivity index (χ3v) is 3.57. The van der Waals surface area contributed by atoms with Gasteiger partial charge in [0.15, 0.2) is 0 Å². The molecule has 0 spiro atoms. The van der Waals surface area contributed by atoms with Gasteiger partial charge in [0.1, 0.15) is 6.04 Å². The van der Waals surface area contributed by atoms with Gasteiger partial charge in [-0.25, -0.2) is 0 Å². The number of carbonyl (C=O) groups is 1. The number of hydrogen-bond acceptors (Lipinski definition) is 3. The summed E-state index contributed by atoms with van der Waals surface area (Å²) in [7, 11) is 1.53. The van der Waals surface area contributed by atoms with Crippen molar-refractivity contribution in [3.05, 3.63) is 71.8 Å². The summed E-state index contributed by atoms with van der Waals surface area (Å²) >= 11 is 0. The maximum absolute atomic E-state index is 12.0. The van der Waals surface area contributed by atoms with Crippen LogP contribution in [-0.4, -0.2) is 32.2 Å². The highest BCUT2D eigenvalue weighted by atomic mass is 16.5. The highest BCUT2D eigenvalue weighted by molar-refractivity contribution is 5.81. The first-order chi connectivity index (χ1) is 10.7. The molecule has 4 nitrogen and oxygen atoms in total. The van der Waals surface area contributed by atoms with Crippen LogP contribution in [0.1, 0.15) is 17.0 Å². The first-order valence-electron chi connectivity index (χ1n) is 7.34. The van der Waals surface area contributed by atoms with Crippen LogP contribution < -0.4 is 11.1 Å². The Morgan fingerprint density at radius 2 is 1.55 bits per heavy atom. The molecule has 2 rings (SSSR count). The Balaban J connectivity index is 2.11. The van der Waals surface area contributed by atoms with Crippen molar-refractivity contribution >= 4 is 5.91 Å². The number of nitrogens with two attached hydrogens (primary N) is 1. The average Bonchev–Trinajstić information content (AvgIpc) is 2.57. The van der Waals surface area contributed by atoms with E-state index < -0.39 is 6.04 Å². The van der Waals surface area contributed by atoms with Gasteiger partial charge in [0.25, 0.3) is 0 Å². The van der Waals surface area contributed by atoms with Crippen LogP contribution in [0, 0.1) is 0 Å². The Hall–Kier alpha value is -2.17. The van der Waals surface area contributed by atoms with Crippen molar-refractivity contribution in [2.45, 2.75) is 12.0 Å². The second-order valence-corrected chi connectivity index (χ2v) is 5.18. The molecule has 3 N–H and O–H groups in total. The minimum Gasteiger partial charge on any atom is -0.383 e. The van der Waals surface area contributed by atoms with Crippen LogP contribution in [-0.2, 0) is 9.53 Å². The Kier molecular flexibility index (Phi) is 6.13. The Morgan fingerprint density at radius 3 is 2.00 bits per heavy atom. The molecular formula is C18H22N2O2. The summed E-state index contributed by atoms with van der Waals surface area (Å²) in [5, 5.41) is 2.92. The zero-order valence-electron chi connectivity index (χ0n) is 12.7. The first-order valence-corrected chi connectivity index (χ1v) is 7.34. The van der Waals surface area contributed by atoms with Crippen LogP contribution in [0.5, 0.6) is 0 Å². The van der Waals surface area contributed by atoms with Gasteiger partial charge in [0.05, 0.1) is 6.61 Å². The van der Waals surface area contributed by atoms with Crippen molar-refractivity contribution in [3.8, 4) is 0 Å². The Labute approximate surface area is 131 Å². The van der Waals surface area contributed by atoms with Crippen molar-refractivity contribution in [2.24, 2.45) is 5.73 Å². The fraction of sp³-hybridized carbons (Fsp3) is 0.278. The summed E-state index contributed by atoms with van der Waals surface area (Å²) in [6, 6.07) is 19.6. The molecular weight excluding hydrogens is 276 g/mol. The van der Waals surface area contributed by atoms with Crippen molar-refractivity contribution in [2.75, 3.05) is 20.3 Å². The van der Waals surface area contributed by atoms with Crippen molar-refractivity contribution in [1.82, 2.24) is 5.32 Å². The molecule has 0 aliphatic carbocycles. The van der Waals surface area contributed by atoms with Crippen LogP contribution in [0.2, 0.25) is 0 Å². The zero-order valence-corrected chi connectivity index (χ0v) is 12.7. The second kappa shape index (κ2) is 8.32. The molecule has 0 saturated heterocycles. The first kappa shape index (κ1) is 16.2. The smallest absolute Gasteiger partial charge is 0.239 e. The summed E-state index contributed by atoms with van der Waals surface area (Å²) in [6.07, 6.45) is 0. The molecule has 0 bridgehead atoms. The molecule has 1 atom stereocenters. The quantitative estimate of drug-likeness (QED) is 0.820. The lowest BCUT2D eigenvalue weighted by atomic mass is 9.91. The summed E-state index contributed by atoms with van der Waals surface area (Å²) in [5.41, 5.74) is 8.08. The zero-order chi connectivity index (χ0) is 15.8. The summed E-state index contributed by atoms with van der Waals surface area (Å²) < 4.78 is 4.92. The maximum atomic E-state index is 12.0. The predicted molar refractivity (Wildman–Crippen MR) is 87.6 cm³/mol. The number of rotatable bonds is 7. The number of amides is 1. The molecule has 22 heavy (non-hydrogen) atoms. The maximum Gasteiger partial charge on any atom is 0.239 e. The molecule has 4 heteroatoms. The highest BCUT2D eigenvalue weighted by Gasteiger charge is 2.18. The van der Waals surface area contributed by atoms with E-state index in [0.29, 0.717) is 6.54 Å². The number of benzene rings is 2. The van der Waals surface area contributed by atoms with Crippen LogP contribution in [0.4, 0.5) is 0 Å². The van der Waals surface area contributed by atoms with Crippen LogP contribution in [0.15, 0.2) is 60.7 Å². The largest absolute Gasteiger partial charge is 0.383 e. The predicted octanol–water partition coefficient (Wildman–Crippen LogP) is 1.91. The number of methoxy groups -OCH3 is 1. The van der Waals surface area contributed by atoms with Gasteiger partial charge in [0, 0.05) is 19.6 Å². The van der Waals surface area contributed by atoms with Gasteiger partial charge in [-0.05, 0) is 11.1 Å². The van der Waals surface area contributed by atoms with Crippen molar-refractivity contribution in [3.63, 3.8) is 0 Å². The number of hydrogen-bond donors (Lipinski definition) is 2. The molecule has 0 saturated carbocycles. The standard InChI is InChI=1S/C18H22N2O2/c1-22-13-17(19)18(21)20-12-16(14-8-4-2-5-9-14)15-10-6-3-7-11-15/h2-11,16-17H,12-13,19H2,1H3,(H,20,21). The molecule has 1 amide bonds. The minimum absolute atomic E-state index is 0.0982. The number of carbonyl (C=O) groups excluding carboxylic acids is 1. The molecule has 116 valence electrons. The van der Waals surface area contributed by atoms with Gasteiger partial charge in [0.2, 0.25) is 5.91 Å². The van der Waals surface area contributed by atoms with Gasteiger partial charge in [-0.1, -0.05) is 60.7 Å². The Morgan fingerprint density at radius 1 is 1.05 bits per heavy atom. The molecule has 0 aromatic heterocycles. The normalized spacial score (nSPS) is 12.1. The SMILES string of the molecule is COCC(N)C(=O)NCC(c1ccccc1)c1ccccc1. The lowest BCUT2D eigenvalue weighted by Crippen LogP contribution is -2.44. The molecule has 0 fully saturated rings. The highest BCUT2D eigenvalue weighted by Crippen LogP contribution is 2.23. The molecule has 0 aliphatic rings. The Bertz CT molecular complexity index is 533. The minimum atomic E-state index is -0.641. The molecule has 2 aromatic carbocycles. The van der Waals surface area contributed by atoms with Crippen molar-refractivity contribution < 1.29 is 9.53 Å². The van der Waals surface area contributed by atoms with E-state index in [1.54, 1.807) is 0 Å². The lowest BCUT2D eigenvalue weighted by molar-refractivity contribution is -0.123. The van der Waals surface area contributed by atoms with E-state index in [1.165, 1.54) is 7.11 Å². The molecule has 0 radical (unpaired) electrons. The van der Waals surface area contributed by atoms with Gasteiger partial charge in [-0.2, -0.15) is 0 Å². The average molecular weight is 298 g/mol. The van der Waals surface area contributed by atoms with Crippen molar-refractivity contribution in [1.29, 1.82) is 0 Å². The monoisotopic (exact) mass is 298 g/mol. The lowest BCUT2D eigenvalue weighted by Gasteiger charge is -2.20. The number of nitrogens with one attached hydrogen (secondary N) is 1. The number of ether oxygens (including phenoxy) is 1. The van der Waals surface area contributed by atoms with Gasteiger partial charge >= 0.3 is 0 Å². The third kappa shape index (κ3) is 4.41.